The van der Waals surface area contributed by atoms with Gasteiger partial charge in [0.25, 0.3) is 0 Å². The quantitative estimate of drug-likeness (QED) is 0.413. The first-order chi connectivity index (χ1) is 15.4. The highest BCUT2D eigenvalue weighted by Crippen LogP contribution is 2.34. The van der Waals surface area contributed by atoms with Crippen LogP contribution < -0.4 is 10.6 Å². The lowest BCUT2D eigenvalue weighted by molar-refractivity contribution is -0.121. The molecule has 8 heteroatoms. The Morgan fingerprint density at radius 2 is 1.72 bits per heavy atom. The zero-order valence-corrected chi connectivity index (χ0v) is 19.6. The summed E-state index contributed by atoms with van der Waals surface area (Å²) in [7, 11) is 0. The number of aryl methyl sites for hydroxylation is 1. The summed E-state index contributed by atoms with van der Waals surface area (Å²) >= 11 is 12.3. The second kappa shape index (κ2) is 11.2. The predicted molar refractivity (Wildman–Crippen MR) is 130 cm³/mol. The van der Waals surface area contributed by atoms with Gasteiger partial charge in [0.2, 0.25) is 11.8 Å². The van der Waals surface area contributed by atoms with Crippen LogP contribution in [0.4, 0.5) is 5.82 Å². The second-order valence-electron chi connectivity index (χ2n) is 7.44. The zero-order chi connectivity index (χ0) is 23.1. The summed E-state index contributed by atoms with van der Waals surface area (Å²) in [5, 5.41) is 11.3. The molecule has 1 heterocycles. The molecule has 0 aliphatic rings. The number of rotatable bonds is 9. The molecule has 0 atom stereocenters. The van der Waals surface area contributed by atoms with Crippen LogP contribution in [-0.2, 0) is 9.59 Å². The Morgan fingerprint density at radius 3 is 2.41 bits per heavy atom. The summed E-state index contributed by atoms with van der Waals surface area (Å²) in [6, 6.07) is 14.9. The molecule has 1 aromatic heterocycles. The number of benzene rings is 2. The molecule has 0 aliphatic heterocycles. The highest BCUT2D eigenvalue weighted by molar-refractivity contribution is 6.42. The first-order valence-corrected chi connectivity index (χ1v) is 11.3. The molecule has 0 radical (unpaired) electrons. The molecule has 0 aliphatic carbocycles. The van der Waals surface area contributed by atoms with Crippen LogP contribution in [0.5, 0.6) is 0 Å². The minimum Gasteiger partial charge on any atom is -0.356 e. The van der Waals surface area contributed by atoms with E-state index in [1.165, 1.54) is 0 Å². The number of halogens is 2. The summed E-state index contributed by atoms with van der Waals surface area (Å²) in [4.78, 5) is 24.6. The molecule has 6 nitrogen and oxygen atoms in total. The number of anilines is 1. The monoisotopic (exact) mass is 472 g/mol. The number of nitrogens with one attached hydrogen (secondary N) is 2. The van der Waals surface area contributed by atoms with Crippen molar-refractivity contribution in [3.8, 4) is 16.8 Å². The Bertz CT molecular complexity index is 1100. The van der Waals surface area contributed by atoms with Gasteiger partial charge in [0.05, 0.1) is 21.4 Å². The highest BCUT2D eigenvalue weighted by Gasteiger charge is 2.20. The van der Waals surface area contributed by atoms with Crippen LogP contribution in [0, 0.1) is 6.92 Å². The molecule has 168 valence electrons. The van der Waals surface area contributed by atoms with Gasteiger partial charge >= 0.3 is 0 Å². The lowest BCUT2D eigenvalue weighted by atomic mass is 10.1. The maximum atomic E-state index is 12.8. The molecule has 2 amide bonds. The van der Waals surface area contributed by atoms with Crippen LogP contribution in [0.3, 0.4) is 0 Å². The fourth-order valence-corrected chi connectivity index (χ4v) is 3.65. The van der Waals surface area contributed by atoms with E-state index in [1.807, 2.05) is 44.2 Å². The summed E-state index contributed by atoms with van der Waals surface area (Å²) in [5.74, 6) is 0.320. The first kappa shape index (κ1) is 23.8. The van der Waals surface area contributed by atoms with Crippen LogP contribution in [0.25, 0.3) is 16.8 Å². The lowest BCUT2D eigenvalue weighted by Gasteiger charge is -2.12. The Morgan fingerprint density at radius 1 is 1.00 bits per heavy atom. The van der Waals surface area contributed by atoms with Gasteiger partial charge in [-0.05, 0) is 43.5 Å². The fourth-order valence-electron chi connectivity index (χ4n) is 3.35. The Kier molecular flexibility index (Phi) is 8.31. The van der Waals surface area contributed by atoms with E-state index < -0.39 is 0 Å². The van der Waals surface area contributed by atoms with Crippen molar-refractivity contribution in [2.24, 2.45) is 0 Å². The van der Waals surface area contributed by atoms with E-state index in [0.29, 0.717) is 40.9 Å². The molecule has 0 unspecified atom stereocenters. The Labute approximate surface area is 197 Å². The van der Waals surface area contributed by atoms with Gasteiger partial charge < -0.3 is 10.6 Å². The minimum atomic E-state index is -0.188. The third kappa shape index (κ3) is 5.90. The molecule has 2 N–H and O–H groups in total. The standard InChI is InChI=1S/C24H26Cl2N4O2/c1-3-14-27-21(31)10-7-11-22(32)28-24-23(17-8-5-4-6-9-17)16(2)29-30(24)18-12-13-19(25)20(26)15-18/h4-6,8-9,12-13,15H,3,7,10-11,14H2,1-2H3,(H,27,31)(H,28,32). The van der Waals surface area contributed by atoms with Gasteiger partial charge in [-0.15, -0.1) is 0 Å². The zero-order valence-electron chi connectivity index (χ0n) is 18.1. The lowest BCUT2D eigenvalue weighted by Crippen LogP contribution is -2.24. The van der Waals surface area contributed by atoms with Crippen molar-refractivity contribution in [2.45, 2.75) is 39.5 Å². The van der Waals surface area contributed by atoms with E-state index in [4.69, 9.17) is 23.2 Å². The molecule has 32 heavy (non-hydrogen) atoms. The van der Waals surface area contributed by atoms with Crippen molar-refractivity contribution < 1.29 is 9.59 Å². The minimum absolute atomic E-state index is 0.0404. The summed E-state index contributed by atoms with van der Waals surface area (Å²) in [5.41, 5.74) is 3.20. The number of amides is 2. The molecule has 0 spiro atoms. The van der Waals surface area contributed by atoms with Crippen molar-refractivity contribution in [2.75, 3.05) is 11.9 Å². The van der Waals surface area contributed by atoms with Gasteiger partial charge in [-0.3, -0.25) is 9.59 Å². The van der Waals surface area contributed by atoms with Crippen LogP contribution in [0.1, 0.15) is 38.3 Å². The van der Waals surface area contributed by atoms with E-state index in [2.05, 4.69) is 15.7 Å². The highest BCUT2D eigenvalue weighted by atomic mass is 35.5. The normalized spacial score (nSPS) is 10.8. The van der Waals surface area contributed by atoms with Crippen molar-refractivity contribution >= 4 is 40.8 Å². The van der Waals surface area contributed by atoms with E-state index >= 15 is 0 Å². The molecular weight excluding hydrogens is 447 g/mol. The van der Waals surface area contributed by atoms with Gasteiger partial charge in [-0.25, -0.2) is 4.68 Å². The van der Waals surface area contributed by atoms with Crippen LogP contribution >= 0.6 is 23.2 Å². The summed E-state index contributed by atoms with van der Waals surface area (Å²) in [6.07, 6.45) is 1.87. The van der Waals surface area contributed by atoms with E-state index in [1.54, 1.807) is 22.9 Å². The predicted octanol–water partition coefficient (Wildman–Crippen LogP) is 5.79. The van der Waals surface area contributed by atoms with Gasteiger partial charge in [-0.2, -0.15) is 5.10 Å². The third-order valence-electron chi connectivity index (χ3n) is 4.91. The second-order valence-corrected chi connectivity index (χ2v) is 8.25. The van der Waals surface area contributed by atoms with E-state index in [-0.39, 0.29) is 18.2 Å². The van der Waals surface area contributed by atoms with Gasteiger partial charge in [0.15, 0.2) is 0 Å². The molecule has 3 rings (SSSR count). The van der Waals surface area contributed by atoms with Crippen molar-refractivity contribution in [1.29, 1.82) is 0 Å². The van der Waals surface area contributed by atoms with Crippen molar-refractivity contribution in [1.82, 2.24) is 15.1 Å². The number of hydrogen-bond donors (Lipinski definition) is 2. The molecule has 0 saturated carbocycles. The fraction of sp³-hybridized carbons (Fsp3) is 0.292. The van der Waals surface area contributed by atoms with Gasteiger partial charge in [0.1, 0.15) is 5.82 Å². The smallest absolute Gasteiger partial charge is 0.225 e. The van der Waals surface area contributed by atoms with Gasteiger partial charge in [0, 0.05) is 24.9 Å². The Balaban J connectivity index is 1.87. The number of carbonyl (C=O) groups excluding carboxylic acids is 2. The summed E-state index contributed by atoms with van der Waals surface area (Å²) < 4.78 is 1.66. The number of hydrogen-bond acceptors (Lipinski definition) is 3. The average molecular weight is 473 g/mol. The van der Waals surface area contributed by atoms with Crippen molar-refractivity contribution in [3.63, 3.8) is 0 Å². The van der Waals surface area contributed by atoms with E-state index in [9.17, 15) is 9.59 Å². The topological polar surface area (TPSA) is 76.0 Å². The molecule has 0 bridgehead atoms. The number of carbonyl (C=O) groups is 2. The van der Waals surface area contributed by atoms with Crippen molar-refractivity contribution in [3.05, 3.63) is 64.3 Å². The largest absolute Gasteiger partial charge is 0.356 e. The van der Waals surface area contributed by atoms with E-state index in [0.717, 1.165) is 23.2 Å². The molecule has 2 aromatic carbocycles. The average Bonchev–Trinajstić information content (AvgIpc) is 3.10. The molecule has 0 fully saturated rings. The third-order valence-corrected chi connectivity index (χ3v) is 5.65. The molecular formula is C24H26Cl2N4O2. The Hall–Kier alpha value is -2.83. The molecule has 0 saturated heterocycles. The van der Waals surface area contributed by atoms with Gasteiger partial charge in [-0.1, -0.05) is 60.5 Å². The SMILES string of the molecule is CCCNC(=O)CCCC(=O)Nc1c(-c2ccccc2)c(C)nn1-c1ccc(Cl)c(Cl)c1. The number of aromatic nitrogens is 2. The van der Waals surface area contributed by atoms with Crippen LogP contribution in [0.2, 0.25) is 10.0 Å². The molecule has 3 aromatic rings. The maximum absolute atomic E-state index is 12.8. The maximum Gasteiger partial charge on any atom is 0.225 e. The first-order valence-electron chi connectivity index (χ1n) is 10.6. The van der Waals surface area contributed by atoms with Crippen LogP contribution in [-0.4, -0.2) is 28.1 Å². The van der Waals surface area contributed by atoms with Crippen LogP contribution in [0.15, 0.2) is 48.5 Å². The number of nitrogens with zero attached hydrogens (tertiary/aromatic N) is 2. The summed E-state index contributed by atoms with van der Waals surface area (Å²) in [6.45, 7) is 4.54.